The van der Waals surface area contributed by atoms with Gasteiger partial charge in [0, 0.05) is 23.5 Å². The first-order valence-electron chi connectivity index (χ1n) is 11.0. The van der Waals surface area contributed by atoms with Gasteiger partial charge in [0.1, 0.15) is 24.7 Å². The monoisotopic (exact) mass is 447 g/mol. The third-order valence-corrected chi connectivity index (χ3v) is 4.60. The molecule has 0 aromatic heterocycles. The molecular formula is C26H29N3O4. The molecule has 0 bridgehead atoms. The van der Waals surface area contributed by atoms with E-state index in [0.717, 1.165) is 23.6 Å². The van der Waals surface area contributed by atoms with Crippen LogP contribution in [0.15, 0.2) is 78.9 Å². The minimum Gasteiger partial charge on any atom is -0.490 e. The highest BCUT2D eigenvalue weighted by Crippen LogP contribution is 2.17. The first kappa shape index (κ1) is 23.7. The molecule has 0 aliphatic rings. The van der Waals surface area contributed by atoms with Crippen LogP contribution in [0.3, 0.4) is 0 Å². The summed E-state index contributed by atoms with van der Waals surface area (Å²) in [5.74, 6) is 1.35. The second-order valence-corrected chi connectivity index (χ2v) is 7.31. The fourth-order valence-electron chi connectivity index (χ4n) is 2.98. The number of nitrogens with one attached hydrogen (secondary N) is 3. The molecule has 0 saturated carbocycles. The van der Waals surface area contributed by atoms with E-state index in [1.165, 1.54) is 0 Å². The SMILES string of the molecule is CCCC(=O)Nc1ccc(NC(=O)CNc2ccc(OCCOc3ccccc3)cc2)cc1. The molecule has 33 heavy (non-hydrogen) atoms. The van der Waals surface area contributed by atoms with Gasteiger partial charge in [-0.1, -0.05) is 25.1 Å². The standard InChI is InChI=1S/C26H29N3O4/c1-2-6-25(30)28-21-9-11-22(12-10-21)29-26(31)19-27-20-13-15-24(16-14-20)33-18-17-32-23-7-4-3-5-8-23/h3-5,7-16,27H,2,6,17-19H2,1H3,(H,28,30)(H,29,31). The molecule has 0 saturated heterocycles. The number of ether oxygens (including phenoxy) is 2. The number of amides is 2. The van der Waals surface area contributed by atoms with E-state index in [4.69, 9.17) is 9.47 Å². The lowest BCUT2D eigenvalue weighted by molar-refractivity contribution is -0.116. The van der Waals surface area contributed by atoms with Crippen LogP contribution in [0.2, 0.25) is 0 Å². The Morgan fingerprint density at radius 3 is 1.76 bits per heavy atom. The number of benzene rings is 3. The van der Waals surface area contributed by atoms with Crippen molar-refractivity contribution in [2.75, 3.05) is 35.7 Å². The molecule has 7 heteroatoms. The van der Waals surface area contributed by atoms with Crippen molar-refractivity contribution in [2.45, 2.75) is 19.8 Å². The van der Waals surface area contributed by atoms with Crippen LogP contribution < -0.4 is 25.4 Å². The van der Waals surface area contributed by atoms with Crippen LogP contribution in [-0.2, 0) is 9.59 Å². The lowest BCUT2D eigenvalue weighted by Crippen LogP contribution is -2.21. The largest absolute Gasteiger partial charge is 0.490 e. The number of anilines is 3. The lowest BCUT2D eigenvalue weighted by Gasteiger charge is -2.11. The molecule has 7 nitrogen and oxygen atoms in total. The molecule has 0 aliphatic carbocycles. The van der Waals surface area contributed by atoms with Crippen LogP contribution in [0.5, 0.6) is 11.5 Å². The number of rotatable bonds is 12. The third-order valence-electron chi connectivity index (χ3n) is 4.60. The Balaban J connectivity index is 1.35. The molecule has 2 amide bonds. The Morgan fingerprint density at radius 1 is 0.667 bits per heavy atom. The van der Waals surface area contributed by atoms with Crippen molar-refractivity contribution < 1.29 is 19.1 Å². The minimum atomic E-state index is -0.170. The van der Waals surface area contributed by atoms with Gasteiger partial charge in [-0.3, -0.25) is 9.59 Å². The molecule has 3 aromatic carbocycles. The zero-order valence-corrected chi connectivity index (χ0v) is 18.7. The summed E-state index contributed by atoms with van der Waals surface area (Å²) in [6.07, 6.45) is 1.28. The van der Waals surface area contributed by atoms with Gasteiger partial charge in [0.05, 0.1) is 6.54 Å². The highest BCUT2D eigenvalue weighted by atomic mass is 16.5. The van der Waals surface area contributed by atoms with Crippen LogP contribution >= 0.6 is 0 Å². The fraction of sp³-hybridized carbons (Fsp3) is 0.231. The molecule has 0 aliphatic heterocycles. The highest BCUT2D eigenvalue weighted by molar-refractivity contribution is 5.94. The molecule has 0 spiro atoms. The van der Waals surface area contributed by atoms with E-state index >= 15 is 0 Å². The van der Waals surface area contributed by atoms with Crippen LogP contribution in [0.4, 0.5) is 17.1 Å². The summed E-state index contributed by atoms with van der Waals surface area (Å²) >= 11 is 0. The van der Waals surface area contributed by atoms with Crippen molar-refractivity contribution in [3.05, 3.63) is 78.9 Å². The van der Waals surface area contributed by atoms with Gasteiger partial charge in [-0.05, 0) is 67.1 Å². The van der Waals surface area contributed by atoms with Crippen LogP contribution in [0, 0.1) is 0 Å². The van der Waals surface area contributed by atoms with Crippen LogP contribution in [0.25, 0.3) is 0 Å². The number of carbonyl (C=O) groups is 2. The second kappa shape index (κ2) is 12.8. The topological polar surface area (TPSA) is 88.7 Å². The molecule has 0 fully saturated rings. The molecule has 0 atom stereocenters. The summed E-state index contributed by atoms with van der Waals surface area (Å²) in [4.78, 5) is 23.8. The number of hydrogen-bond acceptors (Lipinski definition) is 5. The van der Waals surface area contributed by atoms with Crippen LogP contribution in [0.1, 0.15) is 19.8 Å². The van der Waals surface area contributed by atoms with E-state index in [1.807, 2.05) is 61.5 Å². The first-order valence-corrected chi connectivity index (χ1v) is 11.0. The maximum Gasteiger partial charge on any atom is 0.243 e. The third kappa shape index (κ3) is 8.57. The predicted octanol–water partition coefficient (Wildman–Crippen LogP) is 4.93. The summed E-state index contributed by atoms with van der Waals surface area (Å²) in [7, 11) is 0. The Kier molecular flexibility index (Phi) is 9.15. The summed E-state index contributed by atoms with van der Waals surface area (Å²) in [6.45, 7) is 2.97. The van der Waals surface area contributed by atoms with E-state index in [1.54, 1.807) is 24.3 Å². The summed E-state index contributed by atoms with van der Waals surface area (Å²) in [5, 5.41) is 8.72. The van der Waals surface area contributed by atoms with Crippen molar-refractivity contribution >= 4 is 28.9 Å². The van der Waals surface area contributed by atoms with Crippen molar-refractivity contribution in [1.82, 2.24) is 0 Å². The Labute approximate surface area is 194 Å². The number of para-hydroxylation sites is 1. The Bertz CT molecular complexity index is 1010. The minimum absolute atomic E-state index is 0.0181. The molecule has 3 rings (SSSR count). The van der Waals surface area contributed by atoms with E-state index < -0.39 is 0 Å². The van der Waals surface area contributed by atoms with E-state index in [-0.39, 0.29) is 18.4 Å². The maximum atomic E-state index is 12.2. The summed E-state index contributed by atoms with van der Waals surface area (Å²) < 4.78 is 11.3. The smallest absolute Gasteiger partial charge is 0.243 e. The maximum absolute atomic E-state index is 12.2. The number of hydrogen-bond donors (Lipinski definition) is 3. The lowest BCUT2D eigenvalue weighted by atomic mass is 10.2. The zero-order chi connectivity index (χ0) is 23.3. The van der Waals surface area contributed by atoms with E-state index in [2.05, 4.69) is 16.0 Å². The normalized spacial score (nSPS) is 10.2. The van der Waals surface area contributed by atoms with Gasteiger partial charge in [-0.25, -0.2) is 0 Å². The summed E-state index contributed by atoms with van der Waals surface area (Å²) in [5.41, 5.74) is 2.18. The average Bonchev–Trinajstić information content (AvgIpc) is 2.83. The van der Waals surface area contributed by atoms with Gasteiger partial charge < -0.3 is 25.4 Å². The molecule has 0 radical (unpaired) electrons. The van der Waals surface area contributed by atoms with E-state index in [0.29, 0.717) is 31.0 Å². The molecule has 0 unspecified atom stereocenters. The molecule has 3 N–H and O–H groups in total. The second-order valence-electron chi connectivity index (χ2n) is 7.31. The van der Waals surface area contributed by atoms with Crippen LogP contribution in [-0.4, -0.2) is 31.6 Å². The Hall–Kier alpha value is -4.00. The van der Waals surface area contributed by atoms with Crippen molar-refractivity contribution in [1.29, 1.82) is 0 Å². The predicted molar refractivity (Wildman–Crippen MR) is 131 cm³/mol. The molecule has 3 aromatic rings. The molecule has 172 valence electrons. The quantitative estimate of drug-likeness (QED) is 0.343. The van der Waals surface area contributed by atoms with Crippen molar-refractivity contribution in [3.63, 3.8) is 0 Å². The van der Waals surface area contributed by atoms with Gasteiger partial charge in [0.2, 0.25) is 11.8 Å². The highest BCUT2D eigenvalue weighted by Gasteiger charge is 2.05. The van der Waals surface area contributed by atoms with Gasteiger partial charge in [-0.15, -0.1) is 0 Å². The zero-order valence-electron chi connectivity index (χ0n) is 18.7. The summed E-state index contributed by atoms with van der Waals surface area (Å²) in [6, 6.07) is 24.0. The van der Waals surface area contributed by atoms with Gasteiger partial charge in [-0.2, -0.15) is 0 Å². The fourth-order valence-corrected chi connectivity index (χ4v) is 2.98. The van der Waals surface area contributed by atoms with Crippen molar-refractivity contribution in [2.24, 2.45) is 0 Å². The number of carbonyl (C=O) groups excluding carboxylic acids is 2. The van der Waals surface area contributed by atoms with Gasteiger partial charge >= 0.3 is 0 Å². The molecular weight excluding hydrogens is 418 g/mol. The van der Waals surface area contributed by atoms with Gasteiger partial charge in [0.15, 0.2) is 0 Å². The van der Waals surface area contributed by atoms with E-state index in [9.17, 15) is 9.59 Å². The van der Waals surface area contributed by atoms with Gasteiger partial charge in [0.25, 0.3) is 0 Å². The average molecular weight is 448 g/mol. The van der Waals surface area contributed by atoms with Crippen molar-refractivity contribution in [3.8, 4) is 11.5 Å². The first-order chi connectivity index (χ1) is 16.1. The Morgan fingerprint density at radius 2 is 1.18 bits per heavy atom. The molecule has 0 heterocycles.